The Bertz CT molecular complexity index is 798. The van der Waals surface area contributed by atoms with Crippen LogP contribution in [0.2, 0.25) is 0 Å². The minimum atomic E-state index is -4.41. The molecule has 0 aliphatic heterocycles. The lowest BCUT2D eigenvalue weighted by Gasteiger charge is -2.09. The molecule has 2 aromatic rings. The number of ether oxygens (including phenoxy) is 1. The van der Waals surface area contributed by atoms with Gasteiger partial charge in [0.1, 0.15) is 0 Å². The average molecular weight is 403 g/mol. The third kappa shape index (κ3) is 7.01. The predicted molar refractivity (Wildman–Crippen MR) is 90.6 cm³/mol. The fraction of sp³-hybridized carbons (Fsp3) is 0.333. The van der Waals surface area contributed by atoms with Gasteiger partial charge in [0.15, 0.2) is 18.2 Å². The molecule has 10 heteroatoms. The molecule has 1 aromatic heterocycles. The van der Waals surface area contributed by atoms with Crippen molar-refractivity contribution in [2.75, 3.05) is 6.61 Å². The van der Waals surface area contributed by atoms with Gasteiger partial charge in [-0.1, -0.05) is 0 Å². The number of alkyl halides is 3. The Morgan fingerprint density at radius 1 is 1.14 bits per heavy atom. The summed E-state index contributed by atoms with van der Waals surface area (Å²) < 4.78 is 65.2. The second-order valence-corrected chi connectivity index (χ2v) is 6.01. The molecular formula is C18H18F5N3O2. The Kier molecular flexibility index (Phi) is 7.13. The second-order valence-electron chi connectivity index (χ2n) is 6.01. The molecule has 3 N–H and O–H groups in total. The van der Waals surface area contributed by atoms with E-state index in [-0.39, 0.29) is 12.4 Å². The van der Waals surface area contributed by atoms with Gasteiger partial charge in [0.25, 0.3) is 0 Å². The molecule has 0 atom stereocenters. The smallest absolute Gasteiger partial charge is 0.422 e. The number of pyridine rings is 1. The molecular weight excluding hydrogens is 385 g/mol. The fourth-order valence-corrected chi connectivity index (χ4v) is 2.55. The van der Waals surface area contributed by atoms with Gasteiger partial charge in [-0.05, 0) is 54.2 Å². The van der Waals surface area contributed by atoms with Gasteiger partial charge in [0, 0.05) is 18.8 Å². The zero-order valence-corrected chi connectivity index (χ0v) is 14.7. The molecule has 1 aliphatic rings. The van der Waals surface area contributed by atoms with E-state index in [0.717, 1.165) is 30.4 Å². The lowest BCUT2D eigenvalue weighted by atomic mass is 10.1. The first kappa shape index (κ1) is 21.4. The van der Waals surface area contributed by atoms with Crippen molar-refractivity contribution in [1.82, 2.24) is 10.3 Å². The molecule has 1 aromatic carbocycles. The van der Waals surface area contributed by atoms with Gasteiger partial charge >= 0.3 is 12.2 Å². The van der Waals surface area contributed by atoms with Gasteiger partial charge in [-0.15, -0.1) is 0 Å². The van der Waals surface area contributed by atoms with E-state index in [1.807, 2.05) is 0 Å². The molecule has 0 spiro atoms. The number of aromatic nitrogens is 1. The fourth-order valence-electron chi connectivity index (χ4n) is 2.55. The number of halogens is 5. The van der Waals surface area contributed by atoms with Crippen molar-refractivity contribution in [3.63, 3.8) is 0 Å². The van der Waals surface area contributed by atoms with Crippen molar-refractivity contribution < 1.29 is 31.5 Å². The number of urea groups is 1. The number of rotatable bonds is 4. The van der Waals surface area contributed by atoms with Gasteiger partial charge in [0.05, 0.1) is 0 Å². The zero-order chi connectivity index (χ0) is 20.7. The number of carbonyl (C=O) groups excluding carboxylic acids is 1. The van der Waals surface area contributed by atoms with Crippen LogP contribution < -0.4 is 15.8 Å². The summed E-state index contributed by atoms with van der Waals surface area (Å²) >= 11 is 0. The Balaban J connectivity index is 0.000000218. The number of nitrogens with two attached hydrogens (primary N) is 1. The van der Waals surface area contributed by atoms with Crippen molar-refractivity contribution in [2.45, 2.75) is 32.0 Å². The minimum Gasteiger partial charge on any atom is -0.468 e. The lowest BCUT2D eigenvalue weighted by Crippen LogP contribution is -2.28. The van der Waals surface area contributed by atoms with Gasteiger partial charge in [-0.3, -0.25) is 0 Å². The minimum absolute atomic E-state index is 0.0975. The van der Waals surface area contributed by atoms with Crippen molar-refractivity contribution >= 4 is 6.03 Å². The Hall–Kier alpha value is -2.91. The molecule has 0 radical (unpaired) electrons. The van der Waals surface area contributed by atoms with Gasteiger partial charge in [-0.2, -0.15) is 13.2 Å². The summed E-state index contributed by atoms with van der Waals surface area (Å²) in [6.07, 6.45) is -0.315. The number of primary amides is 1. The summed E-state index contributed by atoms with van der Waals surface area (Å²) in [7, 11) is 0. The summed E-state index contributed by atoms with van der Waals surface area (Å²) in [5, 5.41) is 2.29. The van der Waals surface area contributed by atoms with Crippen LogP contribution in [-0.4, -0.2) is 23.8 Å². The maximum absolute atomic E-state index is 12.6. The number of nitrogens with one attached hydrogen (secondary N) is 1. The highest BCUT2D eigenvalue weighted by molar-refractivity contribution is 5.71. The Morgan fingerprint density at radius 2 is 1.75 bits per heavy atom. The van der Waals surface area contributed by atoms with Crippen molar-refractivity contribution in [2.24, 2.45) is 5.73 Å². The molecule has 0 unspecified atom stereocenters. The topological polar surface area (TPSA) is 77.2 Å². The third-order valence-corrected chi connectivity index (χ3v) is 3.78. The summed E-state index contributed by atoms with van der Waals surface area (Å²) in [5.41, 5.74) is 7.34. The van der Waals surface area contributed by atoms with Crippen LogP contribution in [0.4, 0.5) is 26.7 Å². The number of benzene rings is 1. The van der Waals surface area contributed by atoms with E-state index >= 15 is 0 Å². The van der Waals surface area contributed by atoms with Crippen molar-refractivity contribution in [1.29, 1.82) is 0 Å². The van der Waals surface area contributed by atoms with Crippen LogP contribution in [0, 0.1) is 11.6 Å². The van der Waals surface area contributed by atoms with Crippen LogP contribution in [0.3, 0.4) is 0 Å². The molecule has 3 rings (SSSR count). The molecule has 1 heterocycles. The maximum atomic E-state index is 12.6. The number of nitrogens with zero attached hydrogens (tertiary/aromatic N) is 1. The summed E-state index contributed by atoms with van der Waals surface area (Å²) in [5.74, 6) is -1.60. The molecule has 0 bridgehead atoms. The largest absolute Gasteiger partial charge is 0.468 e. The molecule has 1 aliphatic carbocycles. The lowest BCUT2D eigenvalue weighted by molar-refractivity contribution is -0.154. The van der Waals surface area contributed by atoms with E-state index in [9.17, 15) is 26.7 Å². The van der Waals surface area contributed by atoms with Crippen LogP contribution in [0.25, 0.3) is 0 Å². The standard InChI is InChI=1S/C9H10F3N3O2.C9H8F2/c10-9(11,12)5-17-7-3-6(1-2-14-7)4-15-8(13)16;10-8-4-6-2-1-3-7(6)5-9(8)11/h1-3H,4-5H2,(H3,13,15,16);4-5H,1-3H2. The van der Waals surface area contributed by atoms with E-state index in [0.29, 0.717) is 5.56 Å². The van der Waals surface area contributed by atoms with Crippen LogP contribution >= 0.6 is 0 Å². The molecule has 2 amide bonds. The summed E-state index contributed by atoms with van der Waals surface area (Å²) in [4.78, 5) is 14.0. The molecule has 152 valence electrons. The highest BCUT2D eigenvalue weighted by atomic mass is 19.4. The van der Waals surface area contributed by atoms with Crippen molar-refractivity contribution in [3.8, 4) is 5.88 Å². The summed E-state index contributed by atoms with van der Waals surface area (Å²) in [6.45, 7) is -1.31. The highest BCUT2D eigenvalue weighted by Gasteiger charge is 2.28. The second kappa shape index (κ2) is 9.34. The number of carbonyl (C=O) groups is 1. The van der Waals surface area contributed by atoms with Gasteiger partial charge in [0.2, 0.25) is 5.88 Å². The van der Waals surface area contributed by atoms with Crippen molar-refractivity contribution in [3.05, 3.63) is 58.8 Å². The number of hydrogen-bond donors (Lipinski definition) is 2. The zero-order valence-electron chi connectivity index (χ0n) is 14.7. The molecule has 0 saturated heterocycles. The monoisotopic (exact) mass is 403 g/mol. The normalized spacial score (nSPS) is 12.6. The SMILES string of the molecule is Fc1cc2c(cc1F)CCC2.NC(=O)NCc1ccnc(OCC(F)(F)F)c1. The van der Waals surface area contributed by atoms with Crippen LogP contribution in [0.15, 0.2) is 30.5 Å². The molecule has 0 fully saturated rings. The predicted octanol–water partition coefficient (Wildman–Crippen LogP) is 3.64. The van der Waals surface area contributed by atoms with E-state index in [2.05, 4.69) is 15.0 Å². The quantitative estimate of drug-likeness (QED) is 0.766. The number of aryl methyl sites for hydroxylation is 2. The summed E-state index contributed by atoms with van der Waals surface area (Å²) in [6, 6.07) is 4.73. The van der Waals surface area contributed by atoms with Crippen LogP contribution in [0.1, 0.15) is 23.1 Å². The number of amides is 2. The van der Waals surface area contributed by atoms with Gasteiger partial charge in [-0.25, -0.2) is 18.6 Å². The van der Waals surface area contributed by atoms with E-state index in [1.54, 1.807) is 0 Å². The number of fused-ring (bicyclic) bond motifs is 1. The van der Waals surface area contributed by atoms with Crippen LogP contribution in [-0.2, 0) is 19.4 Å². The maximum Gasteiger partial charge on any atom is 0.422 e. The van der Waals surface area contributed by atoms with Gasteiger partial charge < -0.3 is 15.8 Å². The Morgan fingerprint density at radius 3 is 2.29 bits per heavy atom. The first-order valence-electron chi connectivity index (χ1n) is 8.28. The Labute approximate surface area is 157 Å². The highest BCUT2D eigenvalue weighted by Crippen LogP contribution is 2.24. The molecule has 0 saturated carbocycles. The molecule has 5 nitrogen and oxygen atoms in total. The van der Waals surface area contributed by atoms with E-state index in [4.69, 9.17) is 5.73 Å². The number of hydrogen-bond acceptors (Lipinski definition) is 3. The van der Waals surface area contributed by atoms with E-state index in [1.165, 1.54) is 30.5 Å². The third-order valence-electron chi connectivity index (χ3n) is 3.78. The first-order valence-corrected chi connectivity index (χ1v) is 8.28. The van der Waals surface area contributed by atoms with E-state index < -0.39 is 30.4 Å². The van der Waals surface area contributed by atoms with Crippen LogP contribution in [0.5, 0.6) is 5.88 Å². The molecule has 28 heavy (non-hydrogen) atoms. The average Bonchev–Trinajstić information content (AvgIpc) is 3.06. The first-order chi connectivity index (χ1) is 13.1.